The highest BCUT2D eigenvalue weighted by molar-refractivity contribution is 5.93. The van der Waals surface area contributed by atoms with Crippen molar-refractivity contribution in [2.75, 3.05) is 6.61 Å². The van der Waals surface area contributed by atoms with Crippen molar-refractivity contribution in [3.8, 4) is 23.6 Å². The highest BCUT2D eigenvalue weighted by atomic mass is 16.6. The van der Waals surface area contributed by atoms with Gasteiger partial charge in [-0.1, -0.05) is 30.3 Å². The Bertz CT molecular complexity index is 2010. The lowest BCUT2D eigenvalue weighted by molar-refractivity contribution is -0.00134. The first-order valence-electron chi connectivity index (χ1n) is 14.4. The van der Waals surface area contributed by atoms with E-state index in [1.807, 2.05) is 12.1 Å². The number of hydrogen-bond donors (Lipinski definition) is 0. The summed E-state index contributed by atoms with van der Waals surface area (Å²) in [5.41, 5.74) is 2.29. The molecule has 0 N–H and O–H groups in total. The third kappa shape index (κ3) is 8.36. The highest BCUT2D eigenvalue weighted by Crippen LogP contribution is 2.23. The zero-order chi connectivity index (χ0) is 33.9. The average molecular weight is 637 g/mol. The zero-order valence-electron chi connectivity index (χ0n) is 25.1. The quantitative estimate of drug-likeness (QED) is 0.121. The number of carbonyl (C=O) groups is 4. The van der Waals surface area contributed by atoms with Gasteiger partial charge in [-0.15, -0.1) is 0 Å². The fourth-order valence-corrected chi connectivity index (χ4v) is 4.31. The molecule has 5 aromatic carbocycles. The third-order valence-electron chi connectivity index (χ3n) is 6.89. The summed E-state index contributed by atoms with van der Waals surface area (Å²) >= 11 is 0. The van der Waals surface area contributed by atoms with Crippen LogP contribution in [0.3, 0.4) is 0 Å². The summed E-state index contributed by atoms with van der Waals surface area (Å²) < 4.78 is 21.9. The summed E-state index contributed by atoms with van der Waals surface area (Å²) in [7, 11) is 0. The molecule has 0 bridgehead atoms. The van der Waals surface area contributed by atoms with Crippen LogP contribution < -0.4 is 9.47 Å². The number of carbonyl (C=O) groups excluding carboxylic acids is 4. The van der Waals surface area contributed by atoms with Crippen LogP contribution in [0.25, 0.3) is 0 Å². The predicted octanol–water partition coefficient (Wildman–Crippen LogP) is 6.62. The lowest BCUT2D eigenvalue weighted by Crippen LogP contribution is -2.19. The van der Waals surface area contributed by atoms with Gasteiger partial charge < -0.3 is 18.9 Å². The van der Waals surface area contributed by atoms with Gasteiger partial charge in [-0.2, -0.15) is 10.5 Å². The van der Waals surface area contributed by atoms with Crippen LogP contribution in [-0.4, -0.2) is 30.5 Å². The molecule has 0 saturated carbocycles. The monoisotopic (exact) mass is 636 g/mol. The van der Waals surface area contributed by atoms with E-state index in [-0.39, 0.29) is 40.4 Å². The van der Waals surface area contributed by atoms with E-state index in [1.165, 1.54) is 97.1 Å². The van der Waals surface area contributed by atoms with E-state index in [4.69, 9.17) is 29.5 Å². The summed E-state index contributed by atoms with van der Waals surface area (Å²) in [5.74, 6) is -2.24. The van der Waals surface area contributed by atoms with E-state index in [2.05, 4.69) is 0 Å². The molecular weight excluding hydrogens is 612 g/mol. The molecule has 0 aliphatic rings. The van der Waals surface area contributed by atoms with Gasteiger partial charge in [0.2, 0.25) is 0 Å². The summed E-state index contributed by atoms with van der Waals surface area (Å²) in [4.78, 5) is 50.8. The smallest absolute Gasteiger partial charge is 0.343 e. The van der Waals surface area contributed by atoms with Crippen molar-refractivity contribution in [2.45, 2.75) is 6.10 Å². The first kappa shape index (κ1) is 32.4. The standard InChI is InChI=1S/C38H24N2O8/c39-22-25-6-10-29(11-7-25)36(42)46-32-18-14-28(15-19-32)35(41)45-24-34(27-4-2-1-3-5-27)48-38(44)31-16-20-33(21-17-31)47-37(43)30-12-8-26(23-40)9-13-30/h1-21,34H,24H2. The molecule has 234 valence electrons. The molecule has 0 radical (unpaired) electrons. The van der Waals surface area contributed by atoms with E-state index in [1.54, 1.807) is 30.3 Å². The lowest BCUT2D eigenvalue weighted by Gasteiger charge is -2.18. The first-order chi connectivity index (χ1) is 23.3. The van der Waals surface area contributed by atoms with Crippen molar-refractivity contribution in [1.29, 1.82) is 10.5 Å². The van der Waals surface area contributed by atoms with Crippen molar-refractivity contribution in [1.82, 2.24) is 0 Å². The summed E-state index contributed by atoms with van der Waals surface area (Å²) in [5, 5.41) is 17.8. The van der Waals surface area contributed by atoms with E-state index in [9.17, 15) is 19.2 Å². The van der Waals surface area contributed by atoms with Crippen molar-refractivity contribution in [2.24, 2.45) is 0 Å². The molecule has 10 heteroatoms. The Morgan fingerprint density at radius 1 is 0.500 bits per heavy atom. The normalized spacial score (nSPS) is 10.8. The molecule has 0 saturated heterocycles. The number of rotatable bonds is 10. The zero-order valence-corrected chi connectivity index (χ0v) is 25.1. The SMILES string of the molecule is N#Cc1ccc(C(=O)Oc2ccc(C(=O)OCC(OC(=O)c3ccc(OC(=O)c4ccc(C#N)cc4)cc3)c3ccccc3)cc2)cc1. The third-order valence-corrected chi connectivity index (χ3v) is 6.89. The second-order valence-corrected chi connectivity index (χ2v) is 10.1. The number of hydrogen-bond acceptors (Lipinski definition) is 10. The lowest BCUT2D eigenvalue weighted by atomic mass is 10.1. The molecule has 5 aromatic rings. The van der Waals surface area contributed by atoms with Crippen LogP contribution >= 0.6 is 0 Å². The Morgan fingerprint density at radius 2 is 0.896 bits per heavy atom. The number of nitrogens with zero attached hydrogens (tertiary/aromatic N) is 2. The van der Waals surface area contributed by atoms with Crippen molar-refractivity contribution in [3.05, 3.63) is 166 Å². The maximum Gasteiger partial charge on any atom is 0.343 e. The van der Waals surface area contributed by atoms with E-state index < -0.39 is 30.0 Å². The average Bonchev–Trinajstić information content (AvgIpc) is 3.14. The van der Waals surface area contributed by atoms with E-state index >= 15 is 0 Å². The summed E-state index contributed by atoms with van der Waals surface area (Å²) in [6, 6.07) is 36.2. The van der Waals surface area contributed by atoms with Gasteiger partial charge in [-0.05, 0) is 103 Å². The predicted molar refractivity (Wildman–Crippen MR) is 170 cm³/mol. The largest absolute Gasteiger partial charge is 0.458 e. The first-order valence-corrected chi connectivity index (χ1v) is 14.4. The Balaban J connectivity index is 1.18. The van der Waals surface area contributed by atoms with Gasteiger partial charge in [0.1, 0.15) is 18.1 Å². The van der Waals surface area contributed by atoms with Gasteiger partial charge in [-0.25, -0.2) is 19.2 Å². The van der Waals surface area contributed by atoms with Crippen LogP contribution in [0.1, 0.15) is 64.2 Å². The molecular formula is C38H24N2O8. The molecule has 0 aliphatic carbocycles. The molecule has 0 spiro atoms. The maximum atomic E-state index is 13.1. The molecule has 1 unspecified atom stereocenters. The topological polar surface area (TPSA) is 153 Å². The maximum absolute atomic E-state index is 13.1. The molecule has 0 fully saturated rings. The van der Waals surface area contributed by atoms with Gasteiger partial charge >= 0.3 is 23.9 Å². The van der Waals surface area contributed by atoms with Crippen LogP contribution in [0.4, 0.5) is 0 Å². The Morgan fingerprint density at radius 3 is 1.33 bits per heavy atom. The van der Waals surface area contributed by atoms with E-state index in [0.717, 1.165) is 0 Å². The van der Waals surface area contributed by atoms with Crippen molar-refractivity contribution in [3.63, 3.8) is 0 Å². The minimum absolute atomic E-state index is 0.173. The van der Waals surface area contributed by atoms with Crippen LogP contribution in [0.2, 0.25) is 0 Å². The fourth-order valence-electron chi connectivity index (χ4n) is 4.31. The summed E-state index contributed by atoms with van der Waals surface area (Å²) in [6.07, 6.45) is -0.941. The minimum atomic E-state index is -0.941. The fraction of sp³-hybridized carbons (Fsp3) is 0.0526. The molecule has 0 amide bonds. The number of esters is 4. The molecule has 5 rings (SSSR count). The van der Waals surface area contributed by atoms with Crippen LogP contribution in [0.15, 0.2) is 127 Å². The van der Waals surface area contributed by atoms with Gasteiger partial charge in [0, 0.05) is 0 Å². The van der Waals surface area contributed by atoms with Crippen molar-refractivity contribution < 1.29 is 38.1 Å². The molecule has 0 heterocycles. The van der Waals surface area contributed by atoms with E-state index in [0.29, 0.717) is 16.7 Å². The Labute approximate surface area is 274 Å². The molecule has 0 aromatic heterocycles. The van der Waals surface area contributed by atoms with Gasteiger partial charge in [0.25, 0.3) is 0 Å². The van der Waals surface area contributed by atoms with Crippen LogP contribution in [-0.2, 0) is 9.47 Å². The molecule has 0 aliphatic heterocycles. The Kier molecular flexibility index (Phi) is 10.3. The van der Waals surface area contributed by atoms with Crippen LogP contribution in [0, 0.1) is 22.7 Å². The summed E-state index contributed by atoms with van der Waals surface area (Å²) in [6.45, 7) is -0.287. The number of ether oxygens (including phenoxy) is 4. The Hall–Kier alpha value is -7.04. The molecule has 48 heavy (non-hydrogen) atoms. The highest BCUT2D eigenvalue weighted by Gasteiger charge is 2.21. The number of benzene rings is 5. The number of nitriles is 2. The van der Waals surface area contributed by atoms with Crippen molar-refractivity contribution >= 4 is 23.9 Å². The van der Waals surface area contributed by atoms with Gasteiger partial charge in [-0.3, -0.25) is 0 Å². The van der Waals surface area contributed by atoms with Crippen LogP contribution in [0.5, 0.6) is 11.5 Å². The van der Waals surface area contributed by atoms with Gasteiger partial charge in [0.05, 0.1) is 45.5 Å². The molecule has 10 nitrogen and oxygen atoms in total. The second kappa shape index (κ2) is 15.3. The molecule has 1 atom stereocenters. The minimum Gasteiger partial charge on any atom is -0.458 e. The van der Waals surface area contributed by atoms with Gasteiger partial charge in [0.15, 0.2) is 6.10 Å². The second-order valence-electron chi connectivity index (χ2n) is 10.1.